The molecule has 2 aromatic carbocycles. The Morgan fingerprint density at radius 3 is 2.19 bits per heavy atom. The zero-order valence-electron chi connectivity index (χ0n) is 29.5. The van der Waals surface area contributed by atoms with Crippen LogP contribution in [-0.4, -0.2) is 28.8 Å². The highest BCUT2D eigenvalue weighted by Gasteiger charge is 2.26. The number of pyridine rings is 1. The second-order valence-corrected chi connectivity index (χ2v) is 13.8. The minimum absolute atomic E-state index is 0.0385. The van der Waals surface area contributed by atoms with Crippen LogP contribution >= 0.6 is 30.1 Å². The molecule has 0 amide bonds. The first-order valence-corrected chi connectivity index (χ1v) is 17.8. The van der Waals surface area contributed by atoms with E-state index in [0.717, 1.165) is 59.7 Å². The Bertz CT molecular complexity index is 1420. The van der Waals surface area contributed by atoms with Gasteiger partial charge in [0.25, 0.3) is 0 Å². The second-order valence-electron chi connectivity index (χ2n) is 12.1. The van der Waals surface area contributed by atoms with Crippen LogP contribution in [-0.2, 0) is 16.8 Å². The minimum atomic E-state index is -0.873. The van der Waals surface area contributed by atoms with Crippen LogP contribution in [0.3, 0.4) is 0 Å². The van der Waals surface area contributed by atoms with Gasteiger partial charge in [0.15, 0.2) is 0 Å². The fourth-order valence-electron chi connectivity index (χ4n) is 4.37. The molecule has 0 saturated carbocycles. The summed E-state index contributed by atoms with van der Waals surface area (Å²) in [5, 5.41) is 11.1. The SMILES string of the molecule is C=C(C)CC.CCC[C@](C)(CC)c1ccc(F)c(COc2ccc(Cl)cc2P)n1.CC[C@@H]1CCO1.Cc1cc(C(=O)O)cc(P)c1C. The zero-order valence-corrected chi connectivity index (χ0v) is 32.6. The molecule has 0 bridgehead atoms. The van der Waals surface area contributed by atoms with Gasteiger partial charge in [0, 0.05) is 28.0 Å². The number of nitrogens with zero attached hydrogens (tertiary/aromatic N) is 1. The molecule has 1 aliphatic heterocycles. The molecule has 260 valence electrons. The van der Waals surface area contributed by atoms with Crippen LogP contribution in [0.1, 0.15) is 113 Å². The second kappa shape index (κ2) is 21.6. The quantitative estimate of drug-likeness (QED) is 0.168. The van der Waals surface area contributed by atoms with Crippen LogP contribution in [0.2, 0.25) is 5.02 Å². The highest BCUT2D eigenvalue weighted by Crippen LogP contribution is 2.31. The smallest absolute Gasteiger partial charge is 0.335 e. The lowest BCUT2D eigenvalue weighted by Gasteiger charge is -2.27. The fraction of sp³-hybridized carbons (Fsp3) is 0.474. The number of benzene rings is 2. The van der Waals surface area contributed by atoms with Gasteiger partial charge in [0.05, 0.1) is 11.7 Å². The molecule has 1 saturated heterocycles. The highest BCUT2D eigenvalue weighted by atomic mass is 35.5. The standard InChI is InChI=1S/C19H24ClFNOP.C9H11O2P.C5H10O.C5H10/c1-4-10-19(3,5-2)18-9-7-14(21)15(22-18)12-23-16-8-6-13(20)11-17(16)24;1-5-3-7(9(10)11)4-8(12)6(5)2;1-2-5-3-4-6-5;1-4-5(2)3/h6-9,11H,4-5,10,12,24H2,1-3H3;3-4H,12H2,1-2H3,(H,10,11);5H,2-4H2,1H3;2,4H2,1,3H3/t19-;;5-;/m0.1./s1. The highest BCUT2D eigenvalue weighted by molar-refractivity contribution is 7.28. The summed E-state index contributed by atoms with van der Waals surface area (Å²) >= 11 is 5.93. The van der Waals surface area contributed by atoms with E-state index in [-0.39, 0.29) is 17.8 Å². The van der Waals surface area contributed by atoms with Crippen LogP contribution in [0.5, 0.6) is 5.75 Å². The third kappa shape index (κ3) is 14.7. The zero-order chi connectivity index (χ0) is 35.7. The van der Waals surface area contributed by atoms with Crippen molar-refractivity contribution in [3.63, 3.8) is 0 Å². The molecule has 0 radical (unpaired) electrons. The molecule has 1 fully saturated rings. The number of hydrogen-bond acceptors (Lipinski definition) is 4. The van der Waals surface area contributed by atoms with Crippen LogP contribution < -0.4 is 15.3 Å². The lowest BCUT2D eigenvalue weighted by molar-refractivity contribution is -0.0516. The van der Waals surface area contributed by atoms with Crippen LogP contribution in [0, 0.1) is 19.7 Å². The number of aryl methyl sites for hydroxylation is 1. The number of ether oxygens (including phenoxy) is 2. The van der Waals surface area contributed by atoms with Gasteiger partial charge < -0.3 is 14.6 Å². The predicted octanol–water partition coefficient (Wildman–Crippen LogP) is 10.1. The molecule has 4 rings (SSSR count). The summed E-state index contributed by atoms with van der Waals surface area (Å²) < 4.78 is 25.0. The molecular weight excluding hydrogens is 651 g/mol. The van der Waals surface area contributed by atoms with Crippen molar-refractivity contribution in [2.24, 2.45) is 0 Å². The van der Waals surface area contributed by atoms with E-state index >= 15 is 0 Å². The number of hydrogen-bond donors (Lipinski definition) is 1. The van der Waals surface area contributed by atoms with Crippen LogP contribution in [0.25, 0.3) is 0 Å². The van der Waals surface area contributed by atoms with Gasteiger partial charge >= 0.3 is 5.97 Å². The summed E-state index contributed by atoms with van der Waals surface area (Å²) in [6.45, 7) is 21.4. The van der Waals surface area contributed by atoms with Gasteiger partial charge in [0.2, 0.25) is 0 Å². The molecule has 2 unspecified atom stereocenters. The molecule has 0 spiro atoms. The number of carbonyl (C=O) groups is 1. The van der Waals surface area contributed by atoms with E-state index in [1.165, 1.54) is 24.5 Å². The molecule has 2 heterocycles. The first-order chi connectivity index (χ1) is 22.1. The van der Waals surface area contributed by atoms with E-state index in [9.17, 15) is 9.18 Å². The van der Waals surface area contributed by atoms with E-state index in [1.54, 1.807) is 36.4 Å². The summed E-state index contributed by atoms with van der Waals surface area (Å²) in [6.07, 6.45) is 7.26. The number of rotatable bonds is 10. The van der Waals surface area contributed by atoms with Gasteiger partial charge in [0.1, 0.15) is 23.9 Å². The lowest BCUT2D eigenvalue weighted by atomic mass is 9.79. The molecule has 47 heavy (non-hydrogen) atoms. The summed E-state index contributed by atoms with van der Waals surface area (Å²) in [5.41, 5.74) is 4.97. The van der Waals surface area contributed by atoms with Crippen molar-refractivity contribution in [2.75, 3.05) is 6.61 Å². The maximum absolute atomic E-state index is 14.1. The maximum Gasteiger partial charge on any atom is 0.335 e. The number of aromatic carboxylic acids is 1. The lowest BCUT2D eigenvalue weighted by Crippen LogP contribution is -2.25. The molecule has 3 aromatic rings. The largest absolute Gasteiger partial charge is 0.487 e. The van der Waals surface area contributed by atoms with Crippen LogP contribution in [0.4, 0.5) is 4.39 Å². The van der Waals surface area contributed by atoms with E-state index in [0.29, 0.717) is 28.1 Å². The summed E-state index contributed by atoms with van der Waals surface area (Å²) in [6, 6.07) is 12.0. The molecule has 5 nitrogen and oxygen atoms in total. The van der Waals surface area contributed by atoms with Crippen molar-refractivity contribution >= 4 is 46.7 Å². The Kier molecular flexibility index (Phi) is 19.6. The number of carboxylic acid groups (broad SMARTS) is 1. The Balaban J connectivity index is 0.000000393. The van der Waals surface area contributed by atoms with Crippen LogP contribution in [0.15, 0.2) is 54.6 Å². The van der Waals surface area contributed by atoms with E-state index in [4.69, 9.17) is 26.2 Å². The first kappa shape index (κ1) is 42.7. The predicted molar refractivity (Wildman–Crippen MR) is 204 cm³/mol. The number of carboxylic acids is 1. The van der Waals surface area contributed by atoms with E-state index < -0.39 is 5.97 Å². The van der Waals surface area contributed by atoms with Gasteiger partial charge in [-0.15, -0.1) is 25.1 Å². The van der Waals surface area contributed by atoms with Gasteiger partial charge in [-0.25, -0.2) is 9.18 Å². The minimum Gasteiger partial charge on any atom is -0.487 e. The van der Waals surface area contributed by atoms with E-state index in [1.807, 2.05) is 20.8 Å². The van der Waals surface area contributed by atoms with Crippen molar-refractivity contribution in [3.8, 4) is 5.75 Å². The summed E-state index contributed by atoms with van der Waals surface area (Å²) in [7, 11) is 5.11. The fourth-order valence-corrected chi connectivity index (χ4v) is 5.43. The number of aromatic nitrogens is 1. The first-order valence-electron chi connectivity index (χ1n) is 16.3. The average Bonchev–Trinajstić information content (AvgIpc) is 3.00. The summed E-state index contributed by atoms with van der Waals surface area (Å²) in [5.74, 6) is -0.558. The van der Waals surface area contributed by atoms with Gasteiger partial charge in [-0.2, -0.15) is 0 Å². The number of halogens is 2. The third-order valence-electron chi connectivity index (χ3n) is 8.26. The van der Waals surface area contributed by atoms with Crippen molar-refractivity contribution in [3.05, 3.63) is 93.5 Å². The van der Waals surface area contributed by atoms with Crippen molar-refractivity contribution in [1.82, 2.24) is 4.98 Å². The third-order valence-corrected chi connectivity index (χ3v) is 9.55. The average molecular weight is 706 g/mol. The molecule has 1 N–H and O–H groups in total. The van der Waals surface area contributed by atoms with Crippen molar-refractivity contribution < 1.29 is 23.8 Å². The molecule has 1 aliphatic rings. The molecule has 9 heteroatoms. The Hall–Kier alpha value is -2.36. The molecule has 1 aromatic heterocycles. The molecule has 0 aliphatic carbocycles. The van der Waals surface area contributed by atoms with Crippen molar-refractivity contribution in [1.29, 1.82) is 0 Å². The number of allylic oxidation sites excluding steroid dienone is 1. The molecular formula is C38H55ClFNO4P2. The van der Waals surface area contributed by atoms with Gasteiger partial charge in [-0.05, 0) is 112 Å². The van der Waals surface area contributed by atoms with Gasteiger partial charge in [-0.1, -0.05) is 58.2 Å². The Labute approximate surface area is 292 Å². The normalized spacial score (nSPS) is 14.4. The maximum atomic E-state index is 14.1. The summed E-state index contributed by atoms with van der Waals surface area (Å²) in [4.78, 5) is 15.2. The van der Waals surface area contributed by atoms with Crippen molar-refractivity contribution in [2.45, 2.75) is 112 Å². The van der Waals surface area contributed by atoms with Gasteiger partial charge in [-0.3, -0.25) is 4.98 Å². The monoisotopic (exact) mass is 705 g/mol. The molecule has 4 atom stereocenters. The topological polar surface area (TPSA) is 68.7 Å². The van der Waals surface area contributed by atoms with E-state index in [2.05, 4.69) is 64.7 Å². The Morgan fingerprint density at radius 2 is 1.77 bits per heavy atom. The Morgan fingerprint density at radius 1 is 1.13 bits per heavy atom.